The second-order valence-corrected chi connectivity index (χ2v) is 5.45. The van der Waals surface area contributed by atoms with Crippen molar-refractivity contribution < 1.29 is 10.3 Å². The lowest BCUT2D eigenvalue weighted by atomic mass is 9.90. The smallest absolute Gasteiger partial charge is 0.278 e. The highest BCUT2D eigenvalue weighted by atomic mass is 16.4. The first kappa shape index (κ1) is 16.7. The molecule has 6 heteroatoms. The number of aromatic nitrogens is 2. The van der Waals surface area contributed by atoms with Gasteiger partial charge in [0.25, 0.3) is 5.56 Å². The van der Waals surface area contributed by atoms with Crippen LogP contribution in [0.2, 0.25) is 0 Å². The molecule has 0 aliphatic carbocycles. The van der Waals surface area contributed by atoms with E-state index in [1.165, 1.54) is 7.05 Å². The van der Waals surface area contributed by atoms with Crippen LogP contribution in [0, 0.1) is 6.92 Å². The molecule has 0 amide bonds. The van der Waals surface area contributed by atoms with Crippen molar-refractivity contribution in [1.29, 1.82) is 0 Å². The molecule has 0 fully saturated rings. The molecule has 0 unspecified atom stereocenters. The highest BCUT2D eigenvalue weighted by molar-refractivity contribution is 5.86. The van der Waals surface area contributed by atoms with Gasteiger partial charge in [0.05, 0.1) is 11.8 Å². The van der Waals surface area contributed by atoms with Crippen molar-refractivity contribution in [2.45, 2.75) is 33.6 Å². The SMILES string of the molecule is CCc1cc(C)cc(CC)c1-c1c(O)c(/C=N/O)nn(C)c1=O. The van der Waals surface area contributed by atoms with Crippen LogP contribution in [-0.2, 0) is 19.9 Å². The first-order chi connectivity index (χ1) is 10.9. The van der Waals surface area contributed by atoms with Gasteiger partial charge in [-0.2, -0.15) is 5.10 Å². The van der Waals surface area contributed by atoms with Crippen LogP contribution in [0.3, 0.4) is 0 Å². The fourth-order valence-electron chi connectivity index (χ4n) is 2.83. The molecular formula is C17H21N3O3. The Labute approximate surface area is 134 Å². The van der Waals surface area contributed by atoms with Gasteiger partial charge in [-0.3, -0.25) is 4.79 Å². The molecule has 2 aromatic rings. The van der Waals surface area contributed by atoms with Gasteiger partial charge in [0.1, 0.15) is 5.69 Å². The lowest BCUT2D eigenvalue weighted by Gasteiger charge is -2.16. The fraction of sp³-hybridized carbons (Fsp3) is 0.353. The average Bonchev–Trinajstić information content (AvgIpc) is 2.53. The third-order valence-electron chi connectivity index (χ3n) is 3.88. The Bertz CT molecular complexity index is 798. The molecule has 0 spiro atoms. The van der Waals surface area contributed by atoms with E-state index in [0.29, 0.717) is 0 Å². The maximum absolute atomic E-state index is 12.6. The van der Waals surface area contributed by atoms with Gasteiger partial charge in [-0.05, 0) is 36.5 Å². The van der Waals surface area contributed by atoms with Crippen molar-refractivity contribution in [1.82, 2.24) is 9.78 Å². The second kappa shape index (κ2) is 6.64. The van der Waals surface area contributed by atoms with Crippen LogP contribution in [0.1, 0.15) is 36.2 Å². The Kier molecular flexibility index (Phi) is 4.83. The lowest BCUT2D eigenvalue weighted by Crippen LogP contribution is -2.24. The summed E-state index contributed by atoms with van der Waals surface area (Å²) in [4.78, 5) is 12.6. The molecule has 122 valence electrons. The number of benzene rings is 1. The first-order valence-electron chi connectivity index (χ1n) is 7.55. The highest BCUT2D eigenvalue weighted by Crippen LogP contribution is 2.34. The highest BCUT2D eigenvalue weighted by Gasteiger charge is 2.21. The summed E-state index contributed by atoms with van der Waals surface area (Å²) in [7, 11) is 1.51. The van der Waals surface area contributed by atoms with Gasteiger partial charge in [0, 0.05) is 7.05 Å². The third-order valence-corrected chi connectivity index (χ3v) is 3.88. The zero-order chi connectivity index (χ0) is 17.1. The topological polar surface area (TPSA) is 87.7 Å². The van der Waals surface area contributed by atoms with Gasteiger partial charge in [-0.1, -0.05) is 36.7 Å². The predicted octanol–water partition coefficient (Wildman–Crippen LogP) is 2.39. The van der Waals surface area contributed by atoms with E-state index < -0.39 is 0 Å². The maximum Gasteiger partial charge on any atom is 0.278 e. The van der Waals surface area contributed by atoms with E-state index >= 15 is 0 Å². The van der Waals surface area contributed by atoms with E-state index in [2.05, 4.69) is 10.3 Å². The quantitative estimate of drug-likeness (QED) is 0.515. The standard InChI is InChI=1S/C17H21N3O3/c1-5-11-7-10(3)8-12(6-2)14(11)15-16(21)13(9-18-23)19-20(4)17(15)22/h7-9,21,23H,5-6H2,1-4H3/b18-9+. The molecule has 6 nitrogen and oxygen atoms in total. The summed E-state index contributed by atoms with van der Waals surface area (Å²) in [5.74, 6) is -0.265. The van der Waals surface area contributed by atoms with Crippen LogP contribution in [0.4, 0.5) is 0 Å². The lowest BCUT2D eigenvalue weighted by molar-refractivity contribution is 0.321. The summed E-state index contributed by atoms with van der Waals surface area (Å²) in [6.45, 7) is 6.03. The molecule has 0 saturated carbocycles. The molecule has 2 rings (SSSR count). The third kappa shape index (κ3) is 2.97. The van der Waals surface area contributed by atoms with Crippen LogP contribution in [0.15, 0.2) is 22.1 Å². The van der Waals surface area contributed by atoms with Crippen LogP contribution in [0.25, 0.3) is 11.1 Å². The van der Waals surface area contributed by atoms with Gasteiger partial charge in [-0.25, -0.2) is 4.68 Å². The summed E-state index contributed by atoms with van der Waals surface area (Å²) >= 11 is 0. The second-order valence-electron chi connectivity index (χ2n) is 5.45. The average molecular weight is 315 g/mol. The van der Waals surface area contributed by atoms with Crippen LogP contribution < -0.4 is 5.56 Å². The molecule has 1 aromatic heterocycles. The van der Waals surface area contributed by atoms with Crippen molar-refractivity contribution >= 4 is 6.21 Å². The van der Waals surface area contributed by atoms with Gasteiger partial charge >= 0.3 is 0 Å². The normalized spacial score (nSPS) is 11.3. The molecule has 0 aliphatic heterocycles. The van der Waals surface area contributed by atoms with E-state index in [9.17, 15) is 9.90 Å². The molecule has 0 bridgehead atoms. The molecule has 0 atom stereocenters. The molecule has 1 heterocycles. The minimum Gasteiger partial charge on any atom is -0.505 e. The fourth-order valence-corrected chi connectivity index (χ4v) is 2.83. The Balaban J connectivity index is 2.95. The van der Waals surface area contributed by atoms with E-state index in [4.69, 9.17) is 5.21 Å². The number of nitrogens with zero attached hydrogens (tertiary/aromatic N) is 3. The number of hydrogen-bond donors (Lipinski definition) is 2. The number of rotatable bonds is 4. The van der Waals surface area contributed by atoms with E-state index in [0.717, 1.165) is 46.0 Å². The van der Waals surface area contributed by atoms with Crippen molar-refractivity contribution in [2.24, 2.45) is 12.2 Å². The van der Waals surface area contributed by atoms with Gasteiger partial charge in [0.2, 0.25) is 0 Å². The van der Waals surface area contributed by atoms with E-state index in [1.54, 1.807) is 0 Å². The maximum atomic E-state index is 12.6. The van der Waals surface area contributed by atoms with Gasteiger partial charge < -0.3 is 10.3 Å². The summed E-state index contributed by atoms with van der Waals surface area (Å²) in [6, 6.07) is 4.04. The Morgan fingerprint density at radius 1 is 1.22 bits per heavy atom. The van der Waals surface area contributed by atoms with E-state index in [-0.39, 0.29) is 22.6 Å². The van der Waals surface area contributed by atoms with Gasteiger partial charge in [0.15, 0.2) is 5.75 Å². The molecule has 0 radical (unpaired) electrons. The summed E-state index contributed by atoms with van der Waals surface area (Å²) in [5, 5.41) is 26.1. The Morgan fingerprint density at radius 2 is 1.78 bits per heavy atom. The van der Waals surface area contributed by atoms with Crippen LogP contribution in [-0.4, -0.2) is 26.3 Å². The number of oxime groups is 1. The first-order valence-corrected chi connectivity index (χ1v) is 7.55. The largest absolute Gasteiger partial charge is 0.505 e. The Morgan fingerprint density at radius 3 is 2.26 bits per heavy atom. The molecule has 0 saturated heterocycles. The summed E-state index contributed by atoms with van der Waals surface area (Å²) in [6.07, 6.45) is 2.49. The Hall–Kier alpha value is -2.63. The number of aromatic hydroxyl groups is 1. The molecule has 0 aliphatic rings. The molecule has 1 aromatic carbocycles. The molecular weight excluding hydrogens is 294 g/mol. The van der Waals surface area contributed by atoms with Gasteiger partial charge in [-0.15, -0.1) is 0 Å². The number of aryl methyl sites for hydroxylation is 4. The summed E-state index contributed by atoms with van der Waals surface area (Å²) < 4.78 is 1.14. The monoisotopic (exact) mass is 315 g/mol. The molecule has 2 N–H and O–H groups in total. The van der Waals surface area contributed by atoms with Crippen LogP contribution in [0.5, 0.6) is 5.75 Å². The zero-order valence-electron chi connectivity index (χ0n) is 13.8. The van der Waals surface area contributed by atoms with E-state index in [1.807, 2.05) is 32.9 Å². The predicted molar refractivity (Wildman–Crippen MR) is 89.5 cm³/mol. The van der Waals surface area contributed by atoms with Crippen molar-refractivity contribution in [3.8, 4) is 16.9 Å². The van der Waals surface area contributed by atoms with Crippen LogP contribution >= 0.6 is 0 Å². The summed E-state index contributed by atoms with van der Waals surface area (Å²) in [5.41, 5.74) is 3.71. The minimum atomic E-state index is -0.383. The minimum absolute atomic E-state index is 0.0503. The zero-order valence-corrected chi connectivity index (χ0v) is 13.8. The van der Waals surface area contributed by atoms with Crippen molar-refractivity contribution in [3.05, 3.63) is 44.9 Å². The van der Waals surface area contributed by atoms with Crippen molar-refractivity contribution in [3.63, 3.8) is 0 Å². The molecule has 23 heavy (non-hydrogen) atoms. The number of hydrogen-bond acceptors (Lipinski definition) is 5. The van der Waals surface area contributed by atoms with Crippen molar-refractivity contribution in [2.75, 3.05) is 0 Å².